The third-order valence-electron chi connectivity index (χ3n) is 3.40. The second kappa shape index (κ2) is 6.12. The van der Waals surface area contributed by atoms with Crippen LogP contribution in [0.25, 0.3) is 0 Å². The highest BCUT2D eigenvalue weighted by molar-refractivity contribution is 7.85. The molecule has 0 aromatic heterocycles. The number of amides is 1. The molecular weight excluding hydrogens is 294 g/mol. The molecular formula is C14H27NO5S. The van der Waals surface area contributed by atoms with Gasteiger partial charge in [0.15, 0.2) is 0 Å². The minimum atomic E-state index is -3.40. The lowest BCUT2D eigenvalue weighted by atomic mass is 9.95. The van der Waals surface area contributed by atoms with Crippen molar-refractivity contribution in [2.75, 3.05) is 19.4 Å². The Kier molecular flexibility index (Phi) is 5.31. The van der Waals surface area contributed by atoms with E-state index in [0.29, 0.717) is 13.0 Å². The van der Waals surface area contributed by atoms with Crippen LogP contribution in [0.2, 0.25) is 0 Å². The summed E-state index contributed by atoms with van der Waals surface area (Å²) in [6, 6.07) is 0. The van der Waals surface area contributed by atoms with E-state index >= 15 is 0 Å². The van der Waals surface area contributed by atoms with Gasteiger partial charge in [-0.1, -0.05) is 0 Å². The van der Waals surface area contributed by atoms with Gasteiger partial charge in [-0.2, -0.15) is 8.42 Å². The van der Waals surface area contributed by atoms with Crippen LogP contribution in [0.15, 0.2) is 0 Å². The van der Waals surface area contributed by atoms with Crippen LogP contribution in [-0.4, -0.2) is 50.0 Å². The molecule has 6 nitrogen and oxygen atoms in total. The molecule has 0 aromatic rings. The average Bonchev–Trinajstić information content (AvgIpc) is 2.49. The molecule has 1 heterocycles. The highest BCUT2D eigenvalue weighted by Crippen LogP contribution is 2.35. The zero-order valence-corrected chi connectivity index (χ0v) is 14.6. The Morgan fingerprint density at radius 3 is 2.38 bits per heavy atom. The fourth-order valence-electron chi connectivity index (χ4n) is 2.58. The monoisotopic (exact) mass is 321 g/mol. The highest BCUT2D eigenvalue weighted by Gasteiger charge is 2.42. The van der Waals surface area contributed by atoms with Crippen molar-refractivity contribution in [1.29, 1.82) is 0 Å². The first-order valence-corrected chi connectivity index (χ1v) is 8.97. The number of likely N-dealkylation sites (tertiary alicyclic amines) is 1. The molecule has 1 aliphatic heterocycles. The molecule has 0 N–H and O–H groups in total. The van der Waals surface area contributed by atoms with E-state index < -0.39 is 15.7 Å². The quantitative estimate of drug-likeness (QED) is 0.743. The summed E-state index contributed by atoms with van der Waals surface area (Å²) < 4.78 is 32.1. The molecule has 1 fully saturated rings. The van der Waals surface area contributed by atoms with Gasteiger partial charge < -0.3 is 9.64 Å². The van der Waals surface area contributed by atoms with E-state index in [1.165, 1.54) is 0 Å². The molecule has 0 spiro atoms. The van der Waals surface area contributed by atoms with Gasteiger partial charge in [-0.15, -0.1) is 0 Å². The molecule has 124 valence electrons. The van der Waals surface area contributed by atoms with Gasteiger partial charge in [-0.3, -0.25) is 4.18 Å². The van der Waals surface area contributed by atoms with Crippen molar-refractivity contribution in [3.8, 4) is 0 Å². The number of hydrogen-bond acceptors (Lipinski definition) is 5. The van der Waals surface area contributed by atoms with Crippen molar-refractivity contribution in [3.63, 3.8) is 0 Å². The van der Waals surface area contributed by atoms with Crippen molar-refractivity contribution in [3.05, 3.63) is 0 Å². The lowest BCUT2D eigenvalue weighted by Crippen LogP contribution is -2.45. The zero-order chi connectivity index (χ0) is 16.5. The summed E-state index contributed by atoms with van der Waals surface area (Å²) in [5.74, 6) is 0.217. The number of carbonyl (C=O) groups is 1. The number of carbonyl (C=O) groups excluding carboxylic acids is 1. The molecule has 0 bridgehead atoms. The van der Waals surface area contributed by atoms with E-state index in [1.54, 1.807) is 4.90 Å². The number of nitrogens with zero attached hydrogens (tertiary/aromatic N) is 1. The number of rotatable bonds is 4. The van der Waals surface area contributed by atoms with E-state index in [0.717, 1.165) is 12.7 Å². The van der Waals surface area contributed by atoms with Crippen LogP contribution in [0.3, 0.4) is 0 Å². The molecule has 1 aliphatic rings. The molecule has 1 rings (SSSR count). The van der Waals surface area contributed by atoms with Crippen LogP contribution in [-0.2, 0) is 19.0 Å². The summed E-state index contributed by atoms with van der Waals surface area (Å²) in [6.45, 7) is 10.2. The topological polar surface area (TPSA) is 72.9 Å². The first-order valence-electron chi connectivity index (χ1n) is 7.15. The second-order valence-corrected chi connectivity index (χ2v) is 8.93. The molecule has 7 heteroatoms. The third-order valence-corrected chi connectivity index (χ3v) is 3.99. The van der Waals surface area contributed by atoms with E-state index in [2.05, 4.69) is 0 Å². The highest BCUT2D eigenvalue weighted by atomic mass is 32.2. The molecule has 1 unspecified atom stereocenters. The summed E-state index contributed by atoms with van der Waals surface area (Å²) in [4.78, 5) is 14.0. The Morgan fingerprint density at radius 1 is 1.33 bits per heavy atom. The molecule has 0 radical (unpaired) electrons. The smallest absolute Gasteiger partial charge is 0.410 e. The Bertz CT molecular complexity index is 478. The molecule has 1 amide bonds. The van der Waals surface area contributed by atoms with E-state index in [-0.39, 0.29) is 24.2 Å². The summed E-state index contributed by atoms with van der Waals surface area (Å²) >= 11 is 0. The molecule has 21 heavy (non-hydrogen) atoms. The maximum atomic E-state index is 12.2. The predicted molar refractivity (Wildman–Crippen MR) is 80.5 cm³/mol. The van der Waals surface area contributed by atoms with Gasteiger partial charge >= 0.3 is 6.09 Å². The standard InChI is InChI=1S/C14H27NO5S/c1-13(2,3)20-12(16)15-10-11(9-14(15,4)5)7-8-19-21(6,17)18/h11H,7-10H2,1-6H3. The Labute approximate surface area is 127 Å². The summed E-state index contributed by atoms with van der Waals surface area (Å²) in [5.41, 5.74) is -0.817. The van der Waals surface area contributed by atoms with Crippen LogP contribution in [0.1, 0.15) is 47.5 Å². The first kappa shape index (κ1) is 18.2. The fourth-order valence-corrected chi connectivity index (χ4v) is 2.98. The van der Waals surface area contributed by atoms with Crippen LogP contribution < -0.4 is 0 Å². The number of ether oxygens (including phenoxy) is 1. The van der Waals surface area contributed by atoms with Crippen molar-refractivity contribution in [2.24, 2.45) is 5.92 Å². The van der Waals surface area contributed by atoms with Gasteiger partial charge in [0.25, 0.3) is 10.1 Å². The maximum Gasteiger partial charge on any atom is 0.410 e. The van der Waals surface area contributed by atoms with E-state index in [9.17, 15) is 13.2 Å². The lowest BCUT2D eigenvalue weighted by molar-refractivity contribution is 0.0130. The largest absolute Gasteiger partial charge is 0.444 e. The van der Waals surface area contributed by atoms with Gasteiger partial charge in [-0.25, -0.2) is 4.79 Å². The molecule has 0 aromatic carbocycles. The Balaban J connectivity index is 2.58. The zero-order valence-electron chi connectivity index (χ0n) is 13.8. The van der Waals surface area contributed by atoms with Crippen molar-refractivity contribution >= 4 is 16.2 Å². The van der Waals surface area contributed by atoms with Gasteiger partial charge in [0.2, 0.25) is 0 Å². The van der Waals surface area contributed by atoms with E-state index in [4.69, 9.17) is 8.92 Å². The van der Waals surface area contributed by atoms with E-state index in [1.807, 2.05) is 34.6 Å². The van der Waals surface area contributed by atoms with Crippen LogP contribution in [0, 0.1) is 5.92 Å². The minimum absolute atomic E-state index is 0.155. The van der Waals surface area contributed by atoms with Gasteiger partial charge in [0, 0.05) is 12.1 Å². The third kappa shape index (κ3) is 6.22. The lowest BCUT2D eigenvalue weighted by Gasteiger charge is -2.33. The van der Waals surface area contributed by atoms with Crippen molar-refractivity contribution < 1.29 is 22.1 Å². The second-order valence-electron chi connectivity index (χ2n) is 7.29. The molecule has 1 saturated heterocycles. The fraction of sp³-hybridized carbons (Fsp3) is 0.929. The normalized spacial score (nSPS) is 22.4. The Hall–Kier alpha value is -0.820. The minimum Gasteiger partial charge on any atom is -0.444 e. The van der Waals surface area contributed by atoms with Crippen molar-refractivity contribution in [2.45, 2.75) is 58.6 Å². The average molecular weight is 321 g/mol. The first-order chi connectivity index (χ1) is 9.30. The molecule has 1 atom stereocenters. The molecule has 0 saturated carbocycles. The Morgan fingerprint density at radius 2 is 1.90 bits per heavy atom. The number of hydrogen-bond donors (Lipinski definition) is 0. The summed E-state index contributed by atoms with van der Waals surface area (Å²) in [6.07, 6.45) is 2.13. The molecule has 0 aliphatic carbocycles. The SMILES string of the molecule is CC(C)(C)OC(=O)N1CC(CCOS(C)(=O)=O)CC1(C)C. The van der Waals surface area contributed by atoms with Crippen LogP contribution in [0.5, 0.6) is 0 Å². The van der Waals surface area contributed by atoms with Crippen LogP contribution >= 0.6 is 0 Å². The van der Waals surface area contributed by atoms with Gasteiger partial charge in [0.05, 0.1) is 12.9 Å². The predicted octanol–water partition coefficient (Wildman–Crippen LogP) is 2.39. The van der Waals surface area contributed by atoms with Crippen LogP contribution in [0.4, 0.5) is 4.79 Å². The summed E-state index contributed by atoms with van der Waals surface area (Å²) in [7, 11) is -3.40. The van der Waals surface area contributed by atoms with Gasteiger partial charge in [-0.05, 0) is 53.4 Å². The maximum absolute atomic E-state index is 12.2. The van der Waals surface area contributed by atoms with Gasteiger partial charge in [0.1, 0.15) is 5.60 Å². The summed E-state index contributed by atoms with van der Waals surface area (Å²) in [5, 5.41) is 0. The van der Waals surface area contributed by atoms with Crippen molar-refractivity contribution in [1.82, 2.24) is 4.90 Å².